The van der Waals surface area contributed by atoms with Gasteiger partial charge in [-0.05, 0) is 42.4 Å². The van der Waals surface area contributed by atoms with Crippen molar-refractivity contribution in [3.8, 4) is 0 Å². The Morgan fingerprint density at radius 1 is 1.31 bits per heavy atom. The Morgan fingerprint density at radius 2 is 2.00 bits per heavy atom. The zero-order valence-corrected chi connectivity index (χ0v) is 10.0. The minimum Gasteiger partial charge on any atom is -0.303 e. The minimum absolute atomic E-state index is 0.128. The maximum Gasteiger partial charge on any atom is 0.126 e. The summed E-state index contributed by atoms with van der Waals surface area (Å²) in [4.78, 5) is 10.2. The molecule has 1 aromatic rings. The molecule has 0 heterocycles. The van der Waals surface area contributed by atoms with Crippen LogP contribution >= 0.6 is 0 Å². The number of aldehydes is 1. The fraction of sp³-hybridized carbons (Fsp3) is 0.500. The standard InChI is InChI=1S/C14H19FO/c1-3-12(4-2)13-8-7-11(6-5-9-16)10-14(13)15/h7-10,12H,3-6H2,1-2H3. The molecule has 0 amide bonds. The summed E-state index contributed by atoms with van der Waals surface area (Å²) in [5.74, 6) is 0.178. The van der Waals surface area contributed by atoms with Crippen LogP contribution in [0.1, 0.15) is 50.2 Å². The molecule has 0 spiro atoms. The van der Waals surface area contributed by atoms with E-state index in [1.54, 1.807) is 6.07 Å². The SMILES string of the molecule is CCC(CC)c1ccc(CCC=O)cc1F. The molecule has 1 nitrogen and oxygen atoms in total. The number of benzene rings is 1. The van der Waals surface area contributed by atoms with Crippen molar-refractivity contribution in [1.29, 1.82) is 0 Å². The number of rotatable bonds is 6. The van der Waals surface area contributed by atoms with Crippen LogP contribution in [0.3, 0.4) is 0 Å². The first-order chi connectivity index (χ1) is 7.72. The lowest BCUT2D eigenvalue weighted by Crippen LogP contribution is -2.00. The van der Waals surface area contributed by atoms with Gasteiger partial charge in [0.05, 0.1) is 0 Å². The molecule has 0 saturated carbocycles. The third-order valence-electron chi connectivity index (χ3n) is 3.04. The second kappa shape index (κ2) is 6.41. The van der Waals surface area contributed by atoms with E-state index in [4.69, 9.17) is 0 Å². The van der Waals surface area contributed by atoms with Crippen LogP contribution in [-0.4, -0.2) is 6.29 Å². The van der Waals surface area contributed by atoms with Gasteiger partial charge in [0.1, 0.15) is 12.1 Å². The number of carbonyl (C=O) groups excluding carboxylic acids is 1. The summed E-state index contributed by atoms with van der Waals surface area (Å²) in [7, 11) is 0. The molecule has 0 aromatic heterocycles. The Kier molecular flexibility index (Phi) is 5.17. The molecule has 0 aliphatic rings. The number of carbonyl (C=O) groups is 1. The molecule has 1 rings (SSSR count). The van der Waals surface area contributed by atoms with Gasteiger partial charge in [-0.25, -0.2) is 4.39 Å². The fourth-order valence-electron chi connectivity index (χ4n) is 2.01. The van der Waals surface area contributed by atoms with Crippen LogP contribution in [-0.2, 0) is 11.2 Å². The van der Waals surface area contributed by atoms with Gasteiger partial charge in [0.15, 0.2) is 0 Å². The van der Waals surface area contributed by atoms with E-state index < -0.39 is 0 Å². The van der Waals surface area contributed by atoms with Gasteiger partial charge in [-0.2, -0.15) is 0 Å². The Balaban J connectivity index is 2.85. The molecule has 0 aliphatic heterocycles. The Labute approximate surface area is 96.7 Å². The van der Waals surface area contributed by atoms with E-state index in [1.165, 1.54) is 0 Å². The largest absolute Gasteiger partial charge is 0.303 e. The van der Waals surface area contributed by atoms with E-state index in [9.17, 15) is 9.18 Å². The van der Waals surface area contributed by atoms with Crippen LogP contribution in [0.25, 0.3) is 0 Å². The summed E-state index contributed by atoms with van der Waals surface area (Å²) in [6, 6.07) is 5.37. The van der Waals surface area contributed by atoms with Crippen LogP contribution in [0, 0.1) is 5.82 Å². The second-order valence-electron chi connectivity index (χ2n) is 4.07. The highest BCUT2D eigenvalue weighted by Crippen LogP contribution is 2.26. The van der Waals surface area contributed by atoms with Crippen LogP contribution < -0.4 is 0 Å². The van der Waals surface area contributed by atoms with Crippen molar-refractivity contribution < 1.29 is 9.18 Å². The first kappa shape index (κ1) is 12.9. The lowest BCUT2D eigenvalue weighted by molar-refractivity contribution is -0.107. The van der Waals surface area contributed by atoms with Gasteiger partial charge in [-0.3, -0.25) is 0 Å². The van der Waals surface area contributed by atoms with Crippen LogP contribution in [0.2, 0.25) is 0 Å². The van der Waals surface area contributed by atoms with Crippen molar-refractivity contribution in [1.82, 2.24) is 0 Å². The second-order valence-corrected chi connectivity index (χ2v) is 4.07. The van der Waals surface area contributed by atoms with Gasteiger partial charge in [0.25, 0.3) is 0 Å². The number of hydrogen-bond donors (Lipinski definition) is 0. The van der Waals surface area contributed by atoms with Crippen molar-refractivity contribution in [2.24, 2.45) is 0 Å². The predicted molar refractivity (Wildman–Crippen MR) is 64.1 cm³/mol. The molecule has 0 aliphatic carbocycles. The van der Waals surface area contributed by atoms with Crippen molar-refractivity contribution >= 4 is 6.29 Å². The Hall–Kier alpha value is -1.18. The molecular weight excluding hydrogens is 203 g/mol. The van der Waals surface area contributed by atoms with Gasteiger partial charge >= 0.3 is 0 Å². The van der Waals surface area contributed by atoms with Crippen molar-refractivity contribution in [2.45, 2.75) is 45.4 Å². The first-order valence-electron chi connectivity index (χ1n) is 5.94. The lowest BCUT2D eigenvalue weighted by Gasteiger charge is -2.14. The molecule has 0 N–H and O–H groups in total. The third kappa shape index (κ3) is 3.16. The third-order valence-corrected chi connectivity index (χ3v) is 3.04. The average molecular weight is 222 g/mol. The van der Waals surface area contributed by atoms with E-state index in [-0.39, 0.29) is 5.82 Å². The highest BCUT2D eigenvalue weighted by molar-refractivity contribution is 5.50. The topological polar surface area (TPSA) is 17.1 Å². The van der Waals surface area contributed by atoms with E-state index in [0.717, 1.165) is 30.3 Å². The molecule has 0 fully saturated rings. The fourth-order valence-corrected chi connectivity index (χ4v) is 2.01. The molecule has 0 saturated heterocycles. The molecule has 2 heteroatoms. The summed E-state index contributed by atoms with van der Waals surface area (Å²) in [5.41, 5.74) is 1.71. The van der Waals surface area contributed by atoms with Gasteiger partial charge < -0.3 is 4.79 Å². The summed E-state index contributed by atoms with van der Waals surface area (Å²) < 4.78 is 13.8. The maximum absolute atomic E-state index is 13.8. The highest BCUT2D eigenvalue weighted by Gasteiger charge is 2.12. The van der Waals surface area contributed by atoms with Crippen LogP contribution in [0.5, 0.6) is 0 Å². The normalized spacial score (nSPS) is 10.8. The molecule has 16 heavy (non-hydrogen) atoms. The van der Waals surface area contributed by atoms with Gasteiger partial charge in [-0.1, -0.05) is 26.0 Å². The molecule has 0 unspecified atom stereocenters. The maximum atomic E-state index is 13.8. The van der Waals surface area contributed by atoms with E-state index in [0.29, 0.717) is 18.8 Å². The first-order valence-corrected chi connectivity index (χ1v) is 5.94. The van der Waals surface area contributed by atoms with Crippen molar-refractivity contribution in [3.63, 3.8) is 0 Å². The monoisotopic (exact) mass is 222 g/mol. The molecule has 88 valence electrons. The van der Waals surface area contributed by atoms with Gasteiger partial charge in [0.2, 0.25) is 0 Å². The summed E-state index contributed by atoms with van der Waals surface area (Å²) in [6.45, 7) is 4.15. The van der Waals surface area contributed by atoms with Crippen LogP contribution in [0.4, 0.5) is 4.39 Å². The zero-order chi connectivity index (χ0) is 12.0. The molecule has 0 bridgehead atoms. The summed E-state index contributed by atoms with van der Waals surface area (Å²) in [5, 5.41) is 0. The number of halogens is 1. The average Bonchev–Trinajstić information content (AvgIpc) is 2.30. The summed E-state index contributed by atoms with van der Waals surface area (Å²) in [6.07, 6.45) is 3.88. The van der Waals surface area contributed by atoms with Crippen molar-refractivity contribution in [3.05, 3.63) is 35.1 Å². The quantitative estimate of drug-likeness (QED) is 0.668. The van der Waals surface area contributed by atoms with Gasteiger partial charge in [-0.15, -0.1) is 0 Å². The Morgan fingerprint density at radius 3 is 2.50 bits per heavy atom. The van der Waals surface area contributed by atoms with Crippen molar-refractivity contribution in [2.75, 3.05) is 0 Å². The van der Waals surface area contributed by atoms with E-state index in [1.807, 2.05) is 12.1 Å². The van der Waals surface area contributed by atoms with E-state index in [2.05, 4.69) is 13.8 Å². The lowest BCUT2D eigenvalue weighted by atomic mass is 9.92. The molecular formula is C14H19FO. The molecule has 0 radical (unpaired) electrons. The van der Waals surface area contributed by atoms with E-state index >= 15 is 0 Å². The minimum atomic E-state index is -0.128. The Bertz CT molecular complexity index is 343. The zero-order valence-electron chi connectivity index (χ0n) is 10.0. The van der Waals surface area contributed by atoms with Gasteiger partial charge in [0, 0.05) is 6.42 Å². The smallest absolute Gasteiger partial charge is 0.126 e. The summed E-state index contributed by atoms with van der Waals surface area (Å²) >= 11 is 0. The highest BCUT2D eigenvalue weighted by atomic mass is 19.1. The number of aryl methyl sites for hydroxylation is 1. The number of hydrogen-bond acceptors (Lipinski definition) is 1. The van der Waals surface area contributed by atoms with Crippen LogP contribution in [0.15, 0.2) is 18.2 Å². The molecule has 1 aromatic carbocycles. The molecule has 0 atom stereocenters. The predicted octanol–water partition coefficient (Wildman–Crippen LogP) is 3.86.